The molecule has 0 fully saturated rings. The van der Waals surface area contributed by atoms with E-state index in [0.717, 1.165) is 6.42 Å². The van der Waals surface area contributed by atoms with Crippen LogP contribution in [0.25, 0.3) is 0 Å². The normalized spacial score (nSPS) is 18.9. The Morgan fingerprint density at radius 3 is 1.91 bits per heavy atom. The Morgan fingerprint density at radius 1 is 0.909 bits per heavy atom. The molecule has 0 saturated heterocycles. The van der Waals surface area contributed by atoms with Crippen LogP contribution in [0.4, 0.5) is 11.4 Å². The van der Waals surface area contributed by atoms with Gasteiger partial charge in [-0.15, -0.1) is 0 Å². The van der Waals surface area contributed by atoms with Gasteiger partial charge in [0.15, 0.2) is 0 Å². The third kappa shape index (κ3) is 3.42. The zero-order valence-corrected chi connectivity index (χ0v) is 16.0. The molecule has 2 rings (SSSR count). The first-order valence-electron chi connectivity index (χ1n) is 8.50. The van der Waals surface area contributed by atoms with Gasteiger partial charge in [0.25, 0.3) is 0 Å². The molecule has 0 bridgehead atoms. The maximum absolute atomic E-state index is 3.70. The SMILES string of the molecule is CC(C)(C)C1Cc2cc(N(C(C)(C)C)C(C)(C)C)ccc2N1. The number of nitrogens with zero attached hydrogens (tertiary/aromatic N) is 1. The van der Waals surface area contributed by atoms with Crippen LogP contribution in [0.3, 0.4) is 0 Å². The maximum atomic E-state index is 3.70. The van der Waals surface area contributed by atoms with Crippen LogP contribution >= 0.6 is 0 Å². The number of fused-ring (bicyclic) bond motifs is 1. The summed E-state index contributed by atoms with van der Waals surface area (Å²) in [7, 11) is 0. The fourth-order valence-corrected chi connectivity index (χ4v) is 3.79. The molecule has 2 heteroatoms. The van der Waals surface area contributed by atoms with Gasteiger partial charge in [-0.2, -0.15) is 0 Å². The van der Waals surface area contributed by atoms with Crippen LogP contribution in [0.1, 0.15) is 67.9 Å². The second-order valence-corrected chi connectivity index (χ2v) is 9.79. The highest BCUT2D eigenvalue weighted by Gasteiger charge is 2.34. The fraction of sp³-hybridized carbons (Fsp3) is 0.700. The van der Waals surface area contributed by atoms with Crippen LogP contribution in [0.15, 0.2) is 18.2 Å². The number of hydrogen-bond acceptors (Lipinski definition) is 2. The average Bonchev–Trinajstić information content (AvgIpc) is 2.67. The molecule has 0 aromatic heterocycles. The van der Waals surface area contributed by atoms with Crippen LogP contribution in [0, 0.1) is 5.41 Å². The molecule has 2 nitrogen and oxygen atoms in total. The van der Waals surface area contributed by atoms with Crippen LogP contribution in [0.2, 0.25) is 0 Å². The van der Waals surface area contributed by atoms with Gasteiger partial charge < -0.3 is 10.2 Å². The van der Waals surface area contributed by atoms with Crippen molar-refractivity contribution in [2.75, 3.05) is 10.2 Å². The van der Waals surface area contributed by atoms with Gasteiger partial charge in [0.1, 0.15) is 0 Å². The van der Waals surface area contributed by atoms with Crippen molar-refractivity contribution in [3.63, 3.8) is 0 Å². The van der Waals surface area contributed by atoms with Crippen LogP contribution in [0.5, 0.6) is 0 Å². The van der Waals surface area contributed by atoms with E-state index in [0.29, 0.717) is 6.04 Å². The summed E-state index contributed by atoms with van der Waals surface area (Å²) in [6, 6.07) is 7.45. The monoisotopic (exact) mass is 302 g/mol. The van der Waals surface area contributed by atoms with Crippen molar-refractivity contribution in [1.82, 2.24) is 0 Å². The number of benzene rings is 1. The van der Waals surface area contributed by atoms with Gasteiger partial charge in [0.2, 0.25) is 0 Å². The van der Waals surface area contributed by atoms with E-state index in [4.69, 9.17) is 0 Å². The predicted molar refractivity (Wildman–Crippen MR) is 99.0 cm³/mol. The zero-order valence-electron chi connectivity index (χ0n) is 16.0. The Balaban J connectivity index is 2.38. The van der Waals surface area contributed by atoms with Gasteiger partial charge in [0, 0.05) is 28.5 Å². The molecule has 0 spiro atoms. The van der Waals surface area contributed by atoms with E-state index >= 15 is 0 Å². The van der Waals surface area contributed by atoms with Crippen molar-refractivity contribution in [3.8, 4) is 0 Å². The summed E-state index contributed by atoms with van der Waals surface area (Å²) in [4.78, 5) is 2.53. The van der Waals surface area contributed by atoms with Gasteiger partial charge in [-0.05, 0) is 77.1 Å². The van der Waals surface area contributed by atoms with E-state index in [-0.39, 0.29) is 16.5 Å². The molecule has 22 heavy (non-hydrogen) atoms. The van der Waals surface area contributed by atoms with Crippen molar-refractivity contribution in [1.29, 1.82) is 0 Å². The van der Waals surface area contributed by atoms with E-state index in [2.05, 4.69) is 90.7 Å². The minimum absolute atomic E-state index is 0.0992. The fourth-order valence-electron chi connectivity index (χ4n) is 3.79. The summed E-state index contributed by atoms with van der Waals surface area (Å²) in [5, 5.41) is 3.70. The largest absolute Gasteiger partial charge is 0.381 e. The number of anilines is 2. The summed E-state index contributed by atoms with van der Waals surface area (Å²) >= 11 is 0. The highest BCUT2D eigenvalue weighted by molar-refractivity contribution is 5.65. The third-order valence-electron chi connectivity index (χ3n) is 4.49. The standard InChI is InChI=1S/C20H34N2/c1-18(2,3)17-13-14-12-15(10-11-16(14)21-17)22(19(4,5)6)20(7,8)9/h10-12,17,21H,13H2,1-9H3. The van der Waals surface area contributed by atoms with E-state index in [1.165, 1.54) is 16.9 Å². The average molecular weight is 303 g/mol. The van der Waals surface area contributed by atoms with Crippen molar-refractivity contribution >= 4 is 11.4 Å². The molecular weight excluding hydrogens is 268 g/mol. The summed E-state index contributed by atoms with van der Waals surface area (Å²) in [5.74, 6) is 0. The molecule has 1 aliphatic rings. The minimum atomic E-state index is 0.0992. The second kappa shape index (κ2) is 5.18. The molecule has 1 heterocycles. The lowest BCUT2D eigenvalue weighted by Gasteiger charge is -2.47. The maximum Gasteiger partial charge on any atom is 0.0379 e. The number of rotatable bonds is 1. The third-order valence-corrected chi connectivity index (χ3v) is 4.49. The summed E-state index contributed by atoms with van der Waals surface area (Å²) in [6.07, 6.45) is 1.12. The van der Waals surface area contributed by atoms with Gasteiger partial charge in [-0.25, -0.2) is 0 Å². The van der Waals surface area contributed by atoms with Gasteiger partial charge in [-0.1, -0.05) is 20.8 Å². The summed E-state index contributed by atoms with van der Waals surface area (Å²) in [5.41, 5.74) is 4.58. The topological polar surface area (TPSA) is 15.3 Å². The van der Waals surface area contributed by atoms with Crippen molar-refractivity contribution in [2.24, 2.45) is 5.41 Å². The first kappa shape index (κ1) is 17.2. The minimum Gasteiger partial charge on any atom is -0.381 e. The molecule has 1 unspecified atom stereocenters. The molecular formula is C20H34N2. The molecule has 0 saturated carbocycles. The molecule has 0 aliphatic carbocycles. The van der Waals surface area contributed by atoms with Crippen molar-refractivity contribution < 1.29 is 0 Å². The van der Waals surface area contributed by atoms with Crippen molar-refractivity contribution in [2.45, 2.75) is 85.9 Å². The van der Waals surface area contributed by atoms with Crippen LogP contribution < -0.4 is 10.2 Å². The molecule has 1 aromatic rings. The highest BCUT2D eigenvalue weighted by Crippen LogP contribution is 2.39. The van der Waals surface area contributed by atoms with Gasteiger partial charge >= 0.3 is 0 Å². The van der Waals surface area contributed by atoms with Crippen molar-refractivity contribution in [3.05, 3.63) is 23.8 Å². The highest BCUT2D eigenvalue weighted by atomic mass is 15.2. The van der Waals surface area contributed by atoms with E-state index in [1.807, 2.05) is 0 Å². The zero-order chi connectivity index (χ0) is 16.9. The smallest absolute Gasteiger partial charge is 0.0379 e. The quantitative estimate of drug-likeness (QED) is 0.739. The Morgan fingerprint density at radius 2 is 1.45 bits per heavy atom. The lowest BCUT2D eigenvalue weighted by molar-refractivity contribution is 0.347. The molecule has 1 aliphatic heterocycles. The molecule has 1 aromatic carbocycles. The van der Waals surface area contributed by atoms with Crippen LogP contribution in [-0.2, 0) is 6.42 Å². The summed E-state index contributed by atoms with van der Waals surface area (Å²) in [6.45, 7) is 20.7. The predicted octanol–water partition coefficient (Wildman–Crippen LogP) is 5.47. The first-order chi connectivity index (χ1) is 9.80. The Labute approximate surface area is 137 Å². The lowest BCUT2D eigenvalue weighted by Crippen LogP contribution is -2.53. The summed E-state index contributed by atoms with van der Waals surface area (Å²) < 4.78 is 0. The molecule has 0 radical (unpaired) electrons. The van der Waals surface area contributed by atoms with Crippen LogP contribution in [-0.4, -0.2) is 17.1 Å². The lowest BCUT2D eigenvalue weighted by atomic mass is 9.85. The first-order valence-corrected chi connectivity index (χ1v) is 8.50. The molecule has 1 N–H and O–H groups in total. The Kier molecular flexibility index (Phi) is 4.04. The van der Waals surface area contributed by atoms with E-state index in [9.17, 15) is 0 Å². The second-order valence-electron chi connectivity index (χ2n) is 9.79. The molecule has 124 valence electrons. The van der Waals surface area contributed by atoms with E-state index < -0.39 is 0 Å². The number of nitrogens with one attached hydrogen (secondary N) is 1. The number of hydrogen-bond donors (Lipinski definition) is 1. The Hall–Kier alpha value is -1.18. The van der Waals surface area contributed by atoms with Gasteiger partial charge in [-0.3, -0.25) is 0 Å². The molecule has 0 amide bonds. The Bertz CT molecular complexity index is 524. The van der Waals surface area contributed by atoms with Gasteiger partial charge in [0.05, 0.1) is 0 Å². The van der Waals surface area contributed by atoms with E-state index in [1.54, 1.807) is 0 Å². The molecule has 1 atom stereocenters.